The van der Waals surface area contributed by atoms with Gasteiger partial charge in [-0.3, -0.25) is 9.59 Å². The van der Waals surface area contributed by atoms with Gasteiger partial charge in [-0.25, -0.2) is 0 Å². The second-order valence-electron chi connectivity index (χ2n) is 7.31. The lowest BCUT2D eigenvalue weighted by Crippen LogP contribution is -2.39. The molecule has 114 valence electrons. The average Bonchev–Trinajstić information content (AvgIpc) is 2.82. The zero-order chi connectivity index (χ0) is 16.3. The Balaban J connectivity index is 2.33. The number of hydrogen-bond donors (Lipinski definition) is 1. The summed E-state index contributed by atoms with van der Waals surface area (Å²) < 4.78 is 0. The van der Waals surface area contributed by atoms with Crippen LogP contribution in [0.25, 0.3) is 10.9 Å². The largest absolute Gasteiger partial charge is 0.352 e. The molecule has 0 unspecified atom stereocenters. The van der Waals surface area contributed by atoms with Crippen LogP contribution in [0.2, 0.25) is 0 Å². The predicted octanol–water partition coefficient (Wildman–Crippen LogP) is 3.96. The first kappa shape index (κ1) is 14.6. The van der Waals surface area contributed by atoms with Crippen molar-refractivity contribution in [2.24, 2.45) is 10.6 Å². The van der Waals surface area contributed by atoms with Gasteiger partial charge in [0.05, 0.1) is 5.69 Å². The second kappa shape index (κ2) is 4.35. The van der Waals surface area contributed by atoms with Gasteiger partial charge in [-0.05, 0) is 35.6 Å². The van der Waals surface area contributed by atoms with Gasteiger partial charge in [0.2, 0.25) is 0 Å². The molecule has 3 rings (SSSR count). The lowest BCUT2D eigenvalue weighted by molar-refractivity contribution is 0.0760. The summed E-state index contributed by atoms with van der Waals surface area (Å²) in [5.41, 5.74) is 1.94. The van der Waals surface area contributed by atoms with Crippen LogP contribution in [0.5, 0.6) is 0 Å². The van der Waals surface area contributed by atoms with Crippen molar-refractivity contribution in [3.63, 3.8) is 0 Å². The van der Waals surface area contributed by atoms with Crippen molar-refractivity contribution in [3.05, 3.63) is 39.9 Å². The van der Waals surface area contributed by atoms with Crippen molar-refractivity contribution < 1.29 is 9.59 Å². The molecule has 5 nitrogen and oxygen atoms in total. The van der Waals surface area contributed by atoms with Crippen molar-refractivity contribution in [1.82, 2.24) is 4.98 Å². The quantitative estimate of drug-likeness (QED) is 0.809. The normalized spacial score (nSPS) is 19.0. The fourth-order valence-electron chi connectivity index (χ4n) is 3.86. The number of fused-ring (bicyclic) bond motifs is 3. The van der Waals surface area contributed by atoms with Crippen LogP contribution in [0.3, 0.4) is 0 Å². The van der Waals surface area contributed by atoms with Gasteiger partial charge >= 0.3 is 5.91 Å². The maximum Gasteiger partial charge on any atom is 0.316 e. The maximum absolute atomic E-state index is 12.7. The molecule has 0 spiro atoms. The fourth-order valence-corrected chi connectivity index (χ4v) is 3.86. The van der Waals surface area contributed by atoms with E-state index < -0.39 is 11.3 Å². The summed E-state index contributed by atoms with van der Waals surface area (Å²) >= 11 is 0. The van der Waals surface area contributed by atoms with E-state index in [1.807, 2.05) is 13.8 Å². The summed E-state index contributed by atoms with van der Waals surface area (Å²) in [7, 11) is 0. The number of H-pyrrole nitrogens is 1. The molecule has 1 aliphatic carbocycles. The van der Waals surface area contributed by atoms with Crippen LogP contribution in [0, 0.1) is 10.3 Å². The molecule has 0 bridgehead atoms. The van der Waals surface area contributed by atoms with E-state index in [0.717, 1.165) is 22.9 Å². The number of nitroso groups, excluding NO2 is 1. The molecule has 1 aliphatic rings. The van der Waals surface area contributed by atoms with E-state index in [0.29, 0.717) is 5.69 Å². The Morgan fingerprint density at radius 3 is 2.50 bits per heavy atom. The molecule has 1 heterocycles. The second-order valence-corrected chi connectivity index (χ2v) is 7.31. The number of rotatable bonds is 1. The third-order valence-corrected chi connectivity index (χ3v) is 4.53. The number of benzene rings is 1. The predicted molar refractivity (Wildman–Crippen MR) is 84.2 cm³/mol. The number of Topliss-reactive ketones (excluding diaryl/α,β-unsaturated/α-hetero) is 1. The molecule has 0 saturated heterocycles. The van der Waals surface area contributed by atoms with Gasteiger partial charge in [0, 0.05) is 27.1 Å². The first-order valence-electron chi connectivity index (χ1n) is 7.26. The van der Waals surface area contributed by atoms with E-state index in [2.05, 4.69) is 24.0 Å². The van der Waals surface area contributed by atoms with E-state index in [-0.39, 0.29) is 16.8 Å². The lowest BCUT2D eigenvalue weighted by Gasteiger charge is -2.39. The number of nitrogens with zero attached hydrogens (tertiary/aromatic N) is 1. The van der Waals surface area contributed by atoms with E-state index in [9.17, 15) is 14.5 Å². The monoisotopic (exact) mass is 298 g/mol. The van der Waals surface area contributed by atoms with Crippen LogP contribution in [0.4, 0.5) is 0 Å². The standard InChI is InChI=1S/C17H18N2O3/c1-16(2)8-17(3,4)14(20)13-12(16)10-7-9(15(21)19-22)5-6-11(10)18-13/h5-7,18H,8H2,1-4H3. The minimum absolute atomic E-state index is 0.0828. The molecule has 0 radical (unpaired) electrons. The summed E-state index contributed by atoms with van der Waals surface area (Å²) in [6.45, 7) is 8.10. The molecular weight excluding hydrogens is 280 g/mol. The topological polar surface area (TPSA) is 79.4 Å². The van der Waals surface area contributed by atoms with Gasteiger partial charge in [-0.15, -0.1) is 4.91 Å². The Morgan fingerprint density at radius 1 is 1.18 bits per heavy atom. The first-order valence-corrected chi connectivity index (χ1v) is 7.26. The number of ketones is 1. The minimum Gasteiger partial charge on any atom is -0.352 e. The van der Waals surface area contributed by atoms with Crippen LogP contribution < -0.4 is 0 Å². The number of carbonyl (C=O) groups excluding carboxylic acids is 2. The molecule has 1 aromatic heterocycles. The summed E-state index contributed by atoms with van der Waals surface area (Å²) in [6, 6.07) is 4.93. The molecule has 22 heavy (non-hydrogen) atoms. The SMILES string of the molecule is CC1(C)CC(C)(C)c2c([nH]c3ccc(C(=O)N=O)cc23)C1=O. The Kier molecular flexibility index (Phi) is 2.89. The third kappa shape index (κ3) is 1.92. The van der Waals surface area contributed by atoms with Crippen molar-refractivity contribution >= 4 is 22.6 Å². The minimum atomic E-state index is -0.794. The van der Waals surface area contributed by atoms with Gasteiger partial charge < -0.3 is 4.98 Å². The van der Waals surface area contributed by atoms with E-state index in [1.165, 1.54) is 0 Å². The zero-order valence-electron chi connectivity index (χ0n) is 13.1. The number of carbonyl (C=O) groups is 2. The Bertz CT molecular complexity index is 828. The maximum atomic E-state index is 12.7. The van der Waals surface area contributed by atoms with Crippen molar-refractivity contribution in [2.45, 2.75) is 39.5 Å². The third-order valence-electron chi connectivity index (χ3n) is 4.53. The van der Waals surface area contributed by atoms with Gasteiger partial charge in [0.1, 0.15) is 0 Å². The van der Waals surface area contributed by atoms with Gasteiger partial charge in [0.15, 0.2) is 5.78 Å². The van der Waals surface area contributed by atoms with Crippen LogP contribution in [-0.4, -0.2) is 16.7 Å². The van der Waals surface area contributed by atoms with Crippen LogP contribution >= 0.6 is 0 Å². The highest BCUT2D eigenvalue weighted by Crippen LogP contribution is 2.48. The summed E-state index contributed by atoms with van der Waals surface area (Å²) in [5.74, 6) is -0.712. The number of amides is 1. The summed E-state index contributed by atoms with van der Waals surface area (Å²) in [5, 5.41) is 3.29. The van der Waals surface area contributed by atoms with Crippen molar-refractivity contribution in [1.29, 1.82) is 0 Å². The average molecular weight is 298 g/mol. The highest BCUT2D eigenvalue weighted by molar-refractivity contribution is 6.08. The Labute approximate surface area is 128 Å². The van der Waals surface area contributed by atoms with E-state index >= 15 is 0 Å². The molecule has 0 atom stereocenters. The number of aromatic amines is 1. The van der Waals surface area contributed by atoms with Crippen LogP contribution in [-0.2, 0) is 5.41 Å². The number of nitrogens with one attached hydrogen (secondary N) is 1. The van der Waals surface area contributed by atoms with Gasteiger partial charge in [0.25, 0.3) is 0 Å². The molecule has 0 saturated carbocycles. The molecule has 1 aromatic carbocycles. The highest BCUT2D eigenvalue weighted by atomic mass is 16.3. The Morgan fingerprint density at radius 2 is 1.86 bits per heavy atom. The molecule has 1 amide bonds. The van der Waals surface area contributed by atoms with Gasteiger partial charge in [-0.1, -0.05) is 27.7 Å². The number of aromatic nitrogens is 1. The van der Waals surface area contributed by atoms with Gasteiger partial charge in [-0.2, -0.15) is 0 Å². The van der Waals surface area contributed by atoms with E-state index in [4.69, 9.17) is 0 Å². The smallest absolute Gasteiger partial charge is 0.316 e. The number of hydrogen-bond acceptors (Lipinski definition) is 3. The molecule has 0 fully saturated rings. The van der Waals surface area contributed by atoms with Crippen LogP contribution in [0.1, 0.15) is 60.5 Å². The molecule has 1 N–H and O–H groups in total. The lowest BCUT2D eigenvalue weighted by atomic mass is 9.63. The molecule has 5 heteroatoms. The summed E-state index contributed by atoms with van der Waals surface area (Å²) in [6.07, 6.45) is 0.725. The van der Waals surface area contributed by atoms with Crippen molar-refractivity contribution in [3.8, 4) is 0 Å². The van der Waals surface area contributed by atoms with Crippen LogP contribution in [0.15, 0.2) is 23.4 Å². The highest BCUT2D eigenvalue weighted by Gasteiger charge is 2.45. The Hall–Kier alpha value is -2.30. The molecular formula is C17H18N2O3. The zero-order valence-corrected chi connectivity index (χ0v) is 13.1. The van der Waals surface area contributed by atoms with E-state index in [1.54, 1.807) is 18.2 Å². The molecule has 0 aliphatic heterocycles. The fraction of sp³-hybridized carbons (Fsp3) is 0.412. The van der Waals surface area contributed by atoms with Crippen molar-refractivity contribution in [2.75, 3.05) is 0 Å². The first-order chi connectivity index (χ1) is 10.2. The summed E-state index contributed by atoms with van der Waals surface area (Å²) in [4.78, 5) is 37.9. The molecule has 2 aromatic rings.